The number of imidazole rings is 1. The maximum Gasteiger partial charge on any atom is 0.251 e. The number of aliphatic hydroxyl groups excluding tert-OH is 1. The van der Waals surface area contributed by atoms with Crippen LogP contribution in [0.3, 0.4) is 0 Å². The van der Waals surface area contributed by atoms with Gasteiger partial charge in [-0.1, -0.05) is 48.5 Å². The van der Waals surface area contributed by atoms with E-state index < -0.39 is 6.10 Å². The Balaban J connectivity index is 1.42. The summed E-state index contributed by atoms with van der Waals surface area (Å²) in [6.07, 6.45) is -0.831. The Bertz CT molecular complexity index is 1190. The average molecular weight is 433 g/mol. The number of rotatable bonds is 9. The Hall–Kier alpha value is -3.55. The lowest BCUT2D eigenvalue weighted by Crippen LogP contribution is -2.27. The first-order valence-electron chi connectivity index (χ1n) is 10.4. The van der Waals surface area contributed by atoms with E-state index in [2.05, 4.69) is 10.3 Å². The fraction of sp³-hybridized carbons (Fsp3) is 0.200. The number of halogens is 1. The van der Waals surface area contributed by atoms with Gasteiger partial charge in [-0.15, -0.1) is 0 Å². The number of carbonyl (C=O) groups excluding carboxylic acids is 1. The smallest absolute Gasteiger partial charge is 0.251 e. The van der Waals surface area contributed by atoms with Gasteiger partial charge in [0.25, 0.3) is 5.91 Å². The maximum atomic E-state index is 13.7. The molecule has 0 fully saturated rings. The summed E-state index contributed by atoms with van der Waals surface area (Å²) in [5.41, 5.74) is 2.63. The van der Waals surface area contributed by atoms with E-state index in [0.29, 0.717) is 17.0 Å². The Labute approximate surface area is 185 Å². The van der Waals surface area contributed by atoms with Crippen LogP contribution in [-0.2, 0) is 24.4 Å². The minimum atomic E-state index is -0.831. The largest absolute Gasteiger partial charge is 0.389 e. The van der Waals surface area contributed by atoms with Crippen LogP contribution in [-0.4, -0.2) is 33.3 Å². The van der Waals surface area contributed by atoms with Crippen LogP contribution in [0.5, 0.6) is 0 Å². The fourth-order valence-electron chi connectivity index (χ4n) is 3.50. The van der Waals surface area contributed by atoms with Gasteiger partial charge in [-0.05, 0) is 30.3 Å². The van der Waals surface area contributed by atoms with Gasteiger partial charge < -0.3 is 19.7 Å². The van der Waals surface area contributed by atoms with Crippen LogP contribution in [0.2, 0.25) is 0 Å². The highest BCUT2D eigenvalue weighted by Crippen LogP contribution is 2.17. The predicted molar refractivity (Wildman–Crippen MR) is 119 cm³/mol. The van der Waals surface area contributed by atoms with Gasteiger partial charge in [0.2, 0.25) is 0 Å². The van der Waals surface area contributed by atoms with Gasteiger partial charge in [-0.2, -0.15) is 0 Å². The third-order valence-electron chi connectivity index (χ3n) is 5.10. The third kappa shape index (κ3) is 5.19. The highest BCUT2D eigenvalue weighted by molar-refractivity contribution is 5.94. The molecule has 1 heterocycles. The zero-order chi connectivity index (χ0) is 22.3. The van der Waals surface area contributed by atoms with E-state index in [1.165, 1.54) is 6.07 Å². The second-order valence-corrected chi connectivity index (χ2v) is 7.44. The number of hydrogen-bond donors (Lipinski definition) is 2. The van der Waals surface area contributed by atoms with Crippen LogP contribution in [0.4, 0.5) is 4.39 Å². The number of ether oxygens (including phenoxy) is 1. The molecule has 164 valence electrons. The fourth-order valence-corrected chi connectivity index (χ4v) is 3.50. The molecule has 0 aliphatic rings. The molecule has 1 atom stereocenters. The molecule has 0 radical (unpaired) electrons. The molecule has 0 bridgehead atoms. The molecule has 2 N–H and O–H groups in total. The van der Waals surface area contributed by atoms with Gasteiger partial charge in [-0.3, -0.25) is 4.79 Å². The number of nitrogens with one attached hydrogen (secondary N) is 1. The quantitative estimate of drug-likeness (QED) is 0.422. The number of fused-ring (bicyclic) bond motifs is 1. The first-order chi connectivity index (χ1) is 15.6. The van der Waals surface area contributed by atoms with Crippen LogP contribution >= 0.6 is 0 Å². The van der Waals surface area contributed by atoms with Crippen molar-refractivity contribution in [2.24, 2.45) is 0 Å². The lowest BCUT2D eigenvalue weighted by Gasteiger charge is -2.15. The van der Waals surface area contributed by atoms with Gasteiger partial charge in [-0.25, -0.2) is 9.37 Å². The summed E-state index contributed by atoms with van der Waals surface area (Å²) < 4.78 is 21.1. The van der Waals surface area contributed by atoms with Gasteiger partial charge in [0.05, 0.1) is 43.4 Å². The number of para-hydroxylation sites is 2. The van der Waals surface area contributed by atoms with Crippen LogP contribution in [0.25, 0.3) is 11.0 Å². The van der Waals surface area contributed by atoms with Crippen molar-refractivity contribution in [1.29, 1.82) is 0 Å². The number of aromatic nitrogens is 2. The molecule has 7 heteroatoms. The Morgan fingerprint density at radius 2 is 1.75 bits per heavy atom. The lowest BCUT2D eigenvalue weighted by molar-refractivity contribution is 0.0196. The molecular weight excluding hydrogens is 409 g/mol. The van der Waals surface area contributed by atoms with E-state index in [1.54, 1.807) is 30.3 Å². The van der Waals surface area contributed by atoms with Gasteiger partial charge >= 0.3 is 0 Å². The van der Waals surface area contributed by atoms with Crippen molar-refractivity contribution in [3.63, 3.8) is 0 Å². The van der Waals surface area contributed by atoms with Gasteiger partial charge in [0.15, 0.2) is 0 Å². The number of benzene rings is 3. The minimum Gasteiger partial charge on any atom is -0.389 e. The normalized spacial score (nSPS) is 12.1. The zero-order valence-corrected chi connectivity index (χ0v) is 17.4. The van der Waals surface area contributed by atoms with Crippen LogP contribution in [0.1, 0.15) is 21.7 Å². The minimum absolute atomic E-state index is 0.0383. The van der Waals surface area contributed by atoms with Crippen LogP contribution in [0.15, 0.2) is 78.9 Å². The van der Waals surface area contributed by atoms with E-state index in [0.717, 1.165) is 11.0 Å². The molecule has 0 aliphatic carbocycles. The van der Waals surface area contributed by atoms with Gasteiger partial charge in [0.1, 0.15) is 11.6 Å². The summed E-state index contributed by atoms with van der Waals surface area (Å²) in [7, 11) is 0. The first-order valence-corrected chi connectivity index (χ1v) is 10.4. The SMILES string of the molecule is O=C(NCc1nc2ccccc2n1CC(O)COCc1ccccc1F)c1ccccc1. The molecule has 0 saturated heterocycles. The van der Waals surface area contributed by atoms with E-state index in [1.807, 2.05) is 47.0 Å². The molecule has 3 aromatic carbocycles. The molecule has 0 spiro atoms. The molecule has 0 saturated carbocycles. The number of hydrogen-bond acceptors (Lipinski definition) is 4. The number of carbonyl (C=O) groups is 1. The highest BCUT2D eigenvalue weighted by Gasteiger charge is 2.16. The molecule has 1 unspecified atom stereocenters. The summed E-state index contributed by atoms with van der Waals surface area (Å²) in [5, 5.41) is 13.4. The molecule has 1 aromatic heterocycles. The number of amides is 1. The third-order valence-corrected chi connectivity index (χ3v) is 5.10. The van der Waals surface area contributed by atoms with Crippen molar-refractivity contribution in [3.05, 3.63) is 102 Å². The second kappa shape index (κ2) is 10.2. The van der Waals surface area contributed by atoms with Crippen LogP contribution < -0.4 is 5.32 Å². The second-order valence-electron chi connectivity index (χ2n) is 7.44. The predicted octanol–water partition coefficient (Wildman–Crippen LogP) is 3.68. The summed E-state index contributed by atoms with van der Waals surface area (Å²) in [6, 6.07) is 22.9. The molecule has 0 aliphatic heterocycles. The van der Waals surface area contributed by atoms with E-state index >= 15 is 0 Å². The molecular formula is C25H24FN3O3. The highest BCUT2D eigenvalue weighted by atomic mass is 19.1. The Morgan fingerprint density at radius 3 is 2.56 bits per heavy atom. The first kappa shape index (κ1) is 21.7. The standard InChI is InChI=1S/C25H24FN3O3/c26-21-11-5-4-10-19(21)16-32-17-20(30)15-29-23-13-7-6-12-22(23)28-24(29)14-27-25(31)18-8-2-1-3-9-18/h1-13,20,30H,14-17H2,(H,27,31). The number of aliphatic hydroxyl groups is 1. The summed E-state index contributed by atoms with van der Waals surface area (Å²) in [6.45, 7) is 0.560. The summed E-state index contributed by atoms with van der Waals surface area (Å²) >= 11 is 0. The summed E-state index contributed by atoms with van der Waals surface area (Å²) in [5.74, 6) is 0.0978. The van der Waals surface area contributed by atoms with E-state index in [-0.39, 0.29) is 38.0 Å². The van der Waals surface area contributed by atoms with Crippen molar-refractivity contribution in [3.8, 4) is 0 Å². The molecule has 4 rings (SSSR count). The lowest BCUT2D eigenvalue weighted by atomic mass is 10.2. The monoisotopic (exact) mass is 433 g/mol. The van der Waals surface area contributed by atoms with Crippen molar-refractivity contribution >= 4 is 16.9 Å². The molecule has 32 heavy (non-hydrogen) atoms. The Kier molecular flexibility index (Phi) is 6.89. The van der Waals surface area contributed by atoms with Crippen molar-refractivity contribution in [2.75, 3.05) is 6.61 Å². The molecule has 4 aromatic rings. The maximum absolute atomic E-state index is 13.7. The Morgan fingerprint density at radius 1 is 1.03 bits per heavy atom. The van der Waals surface area contributed by atoms with Gasteiger partial charge in [0, 0.05) is 11.1 Å². The molecule has 1 amide bonds. The topological polar surface area (TPSA) is 76.4 Å². The molecule has 6 nitrogen and oxygen atoms in total. The average Bonchev–Trinajstić information content (AvgIpc) is 3.16. The van der Waals surface area contributed by atoms with Crippen molar-refractivity contribution in [1.82, 2.24) is 14.9 Å². The number of nitrogens with zero attached hydrogens (tertiary/aromatic N) is 2. The van der Waals surface area contributed by atoms with E-state index in [4.69, 9.17) is 4.74 Å². The van der Waals surface area contributed by atoms with Crippen molar-refractivity contribution in [2.45, 2.75) is 25.8 Å². The van der Waals surface area contributed by atoms with Crippen molar-refractivity contribution < 1.29 is 19.0 Å². The van der Waals surface area contributed by atoms with Crippen LogP contribution in [0, 0.1) is 5.82 Å². The summed E-state index contributed by atoms with van der Waals surface area (Å²) in [4.78, 5) is 17.0. The zero-order valence-electron chi connectivity index (χ0n) is 17.4. The van der Waals surface area contributed by atoms with E-state index in [9.17, 15) is 14.3 Å².